The molecular formula is C23H23N5O3. The number of nitrogens with zero attached hydrogens (tertiary/aromatic N) is 4. The molecule has 31 heavy (non-hydrogen) atoms. The fourth-order valence-corrected chi connectivity index (χ4v) is 4.17. The van der Waals surface area contributed by atoms with E-state index in [0.29, 0.717) is 37.6 Å². The number of imidazole rings is 1. The summed E-state index contributed by atoms with van der Waals surface area (Å²) in [5, 5.41) is 2.85. The average Bonchev–Trinajstić information content (AvgIpc) is 3.43. The zero-order chi connectivity index (χ0) is 21.4. The first kappa shape index (κ1) is 19.3. The lowest BCUT2D eigenvalue weighted by molar-refractivity contribution is -0.141. The third kappa shape index (κ3) is 3.65. The Morgan fingerprint density at radius 3 is 2.81 bits per heavy atom. The quantitative estimate of drug-likeness (QED) is 0.702. The summed E-state index contributed by atoms with van der Waals surface area (Å²) in [6.07, 6.45) is 3.51. The molecule has 1 N–H and O–H groups in total. The first-order valence-corrected chi connectivity index (χ1v) is 10.4. The van der Waals surface area contributed by atoms with Gasteiger partial charge < -0.3 is 19.5 Å². The molecule has 8 nitrogen and oxygen atoms in total. The maximum Gasteiger partial charge on any atom is 0.271 e. The molecule has 158 valence electrons. The van der Waals surface area contributed by atoms with Crippen LogP contribution in [0.25, 0.3) is 0 Å². The van der Waals surface area contributed by atoms with Gasteiger partial charge in [-0.15, -0.1) is 0 Å². The zero-order valence-electron chi connectivity index (χ0n) is 17.2. The molecule has 2 amide bonds. The highest BCUT2D eigenvalue weighted by Gasteiger charge is 2.37. The number of hydrogen-bond acceptors (Lipinski definition) is 5. The van der Waals surface area contributed by atoms with Crippen LogP contribution in [-0.2, 0) is 24.3 Å². The third-order valence-corrected chi connectivity index (χ3v) is 5.82. The molecule has 8 heteroatoms. The standard InChI is InChI=1S/C23H23N5O3/c1-15-21-26-18(22(29)25-13-17-7-4-5-9-24-17)14-27(21)10-11-28(15)23(30)20-12-16-6-2-3-8-19(16)31-20/h2-9,14-15,20H,10-13H2,1H3,(H,25,29)/t15-,20-/m1/s1. The molecule has 1 aromatic carbocycles. The summed E-state index contributed by atoms with van der Waals surface area (Å²) in [4.78, 5) is 36.3. The highest BCUT2D eigenvalue weighted by Crippen LogP contribution is 2.32. The van der Waals surface area contributed by atoms with Crippen LogP contribution < -0.4 is 10.1 Å². The van der Waals surface area contributed by atoms with E-state index < -0.39 is 6.10 Å². The number of carbonyl (C=O) groups excluding carboxylic acids is 2. The van der Waals surface area contributed by atoms with Gasteiger partial charge in [-0.05, 0) is 30.7 Å². The van der Waals surface area contributed by atoms with Crippen LogP contribution in [0.3, 0.4) is 0 Å². The monoisotopic (exact) mass is 417 g/mol. The predicted molar refractivity (Wildman–Crippen MR) is 112 cm³/mol. The smallest absolute Gasteiger partial charge is 0.271 e. The van der Waals surface area contributed by atoms with Crippen molar-refractivity contribution >= 4 is 11.8 Å². The summed E-state index contributed by atoms with van der Waals surface area (Å²) in [5.74, 6) is 1.18. The third-order valence-electron chi connectivity index (χ3n) is 5.82. The minimum Gasteiger partial charge on any atom is -0.480 e. The van der Waals surface area contributed by atoms with Crippen molar-refractivity contribution in [3.05, 3.63) is 77.6 Å². The number of benzene rings is 1. The van der Waals surface area contributed by atoms with Crippen LogP contribution in [0.4, 0.5) is 0 Å². The number of para-hydroxylation sites is 1. The van der Waals surface area contributed by atoms with Crippen LogP contribution >= 0.6 is 0 Å². The Labute approximate surface area is 179 Å². The molecule has 4 heterocycles. The van der Waals surface area contributed by atoms with E-state index in [1.165, 1.54) is 0 Å². The summed E-state index contributed by atoms with van der Waals surface area (Å²) >= 11 is 0. The summed E-state index contributed by atoms with van der Waals surface area (Å²) in [5.41, 5.74) is 2.18. The molecule has 5 rings (SSSR count). The number of hydrogen-bond donors (Lipinski definition) is 1. The second kappa shape index (κ2) is 7.86. The van der Waals surface area contributed by atoms with Crippen molar-refractivity contribution in [2.24, 2.45) is 0 Å². The molecule has 0 spiro atoms. The van der Waals surface area contributed by atoms with E-state index in [1.54, 1.807) is 17.3 Å². The topological polar surface area (TPSA) is 89.4 Å². The minimum atomic E-state index is -0.512. The van der Waals surface area contributed by atoms with Gasteiger partial charge in [0, 0.05) is 31.9 Å². The van der Waals surface area contributed by atoms with Crippen molar-refractivity contribution in [2.75, 3.05) is 6.54 Å². The maximum absolute atomic E-state index is 13.2. The molecule has 2 atom stereocenters. The number of rotatable bonds is 4. The van der Waals surface area contributed by atoms with Crippen molar-refractivity contribution in [1.29, 1.82) is 0 Å². The van der Waals surface area contributed by atoms with Crippen LogP contribution in [0.15, 0.2) is 54.9 Å². The maximum atomic E-state index is 13.2. The summed E-state index contributed by atoms with van der Waals surface area (Å²) < 4.78 is 7.84. The van der Waals surface area contributed by atoms with E-state index in [2.05, 4.69) is 15.3 Å². The van der Waals surface area contributed by atoms with Gasteiger partial charge in [0.25, 0.3) is 11.8 Å². The molecule has 0 radical (unpaired) electrons. The number of nitrogens with one attached hydrogen (secondary N) is 1. The van der Waals surface area contributed by atoms with Crippen molar-refractivity contribution in [3.8, 4) is 5.75 Å². The molecule has 0 bridgehead atoms. The van der Waals surface area contributed by atoms with Crippen molar-refractivity contribution < 1.29 is 14.3 Å². The largest absolute Gasteiger partial charge is 0.480 e. The Morgan fingerprint density at radius 2 is 2.00 bits per heavy atom. The van der Waals surface area contributed by atoms with Crippen LogP contribution in [0.2, 0.25) is 0 Å². The molecule has 0 saturated carbocycles. The van der Waals surface area contributed by atoms with Crippen molar-refractivity contribution in [2.45, 2.75) is 38.6 Å². The molecule has 2 aliphatic rings. The second-order valence-electron chi connectivity index (χ2n) is 7.81. The van der Waals surface area contributed by atoms with Crippen LogP contribution in [0.5, 0.6) is 5.75 Å². The molecule has 0 fully saturated rings. The molecule has 2 aliphatic heterocycles. The Kier molecular flexibility index (Phi) is 4.89. The number of aromatic nitrogens is 3. The predicted octanol–water partition coefficient (Wildman–Crippen LogP) is 2.11. The lowest BCUT2D eigenvalue weighted by Gasteiger charge is -2.35. The van der Waals surface area contributed by atoms with Crippen molar-refractivity contribution in [3.63, 3.8) is 0 Å². The number of ether oxygens (including phenoxy) is 1. The second-order valence-corrected chi connectivity index (χ2v) is 7.81. The Morgan fingerprint density at radius 1 is 1.16 bits per heavy atom. The normalized spacial score (nSPS) is 19.3. The molecule has 3 aromatic rings. The molecule has 0 unspecified atom stereocenters. The molecular weight excluding hydrogens is 394 g/mol. The van der Waals surface area contributed by atoms with E-state index in [-0.39, 0.29) is 17.9 Å². The van der Waals surface area contributed by atoms with E-state index in [9.17, 15) is 9.59 Å². The Balaban J connectivity index is 1.27. The minimum absolute atomic E-state index is 0.0425. The van der Waals surface area contributed by atoms with E-state index in [0.717, 1.165) is 17.0 Å². The van der Waals surface area contributed by atoms with Gasteiger partial charge in [-0.2, -0.15) is 0 Å². The van der Waals surface area contributed by atoms with Gasteiger partial charge in [0.1, 0.15) is 17.3 Å². The Bertz CT molecular complexity index is 1100. The fraction of sp³-hybridized carbons (Fsp3) is 0.304. The number of carbonyl (C=O) groups is 2. The van der Waals surface area contributed by atoms with Crippen molar-refractivity contribution in [1.82, 2.24) is 24.8 Å². The van der Waals surface area contributed by atoms with Gasteiger partial charge in [0.15, 0.2) is 6.10 Å². The van der Waals surface area contributed by atoms with E-state index in [4.69, 9.17) is 4.74 Å². The molecule has 0 aliphatic carbocycles. The van der Waals surface area contributed by atoms with E-state index in [1.807, 2.05) is 54.0 Å². The molecule has 2 aromatic heterocycles. The van der Waals surface area contributed by atoms with Gasteiger partial charge in [0.05, 0.1) is 18.3 Å². The van der Waals surface area contributed by atoms with Crippen LogP contribution in [0, 0.1) is 0 Å². The summed E-state index contributed by atoms with van der Waals surface area (Å²) in [6.45, 7) is 3.41. The highest BCUT2D eigenvalue weighted by atomic mass is 16.5. The zero-order valence-corrected chi connectivity index (χ0v) is 17.2. The summed E-state index contributed by atoms with van der Waals surface area (Å²) in [7, 11) is 0. The lowest BCUT2D eigenvalue weighted by atomic mass is 10.1. The number of amides is 2. The number of pyridine rings is 1. The average molecular weight is 417 g/mol. The number of fused-ring (bicyclic) bond motifs is 2. The van der Waals surface area contributed by atoms with E-state index >= 15 is 0 Å². The lowest BCUT2D eigenvalue weighted by Crippen LogP contribution is -2.47. The Hall–Kier alpha value is -3.68. The van der Waals surface area contributed by atoms with Gasteiger partial charge >= 0.3 is 0 Å². The van der Waals surface area contributed by atoms with Gasteiger partial charge in [0.2, 0.25) is 0 Å². The van der Waals surface area contributed by atoms with Gasteiger partial charge in [-0.3, -0.25) is 14.6 Å². The SMILES string of the molecule is C[C@@H]1c2nc(C(=O)NCc3ccccn3)cn2CCN1C(=O)[C@H]1Cc2ccccc2O1. The fourth-order valence-electron chi connectivity index (χ4n) is 4.17. The van der Waals surface area contributed by atoms with Crippen LogP contribution in [-0.4, -0.2) is 43.9 Å². The first-order valence-electron chi connectivity index (χ1n) is 10.4. The summed E-state index contributed by atoms with van der Waals surface area (Å²) in [6, 6.07) is 13.1. The van der Waals surface area contributed by atoms with Crippen LogP contribution in [0.1, 0.15) is 40.5 Å². The first-order chi connectivity index (χ1) is 15.1. The van der Waals surface area contributed by atoms with Gasteiger partial charge in [-0.25, -0.2) is 4.98 Å². The highest BCUT2D eigenvalue weighted by molar-refractivity contribution is 5.92. The van der Waals surface area contributed by atoms with Gasteiger partial charge in [-0.1, -0.05) is 24.3 Å². The molecule has 0 saturated heterocycles.